The first-order chi connectivity index (χ1) is 16.4. The van der Waals surface area contributed by atoms with E-state index in [0.29, 0.717) is 17.4 Å². The van der Waals surface area contributed by atoms with Crippen LogP contribution in [-0.2, 0) is 4.74 Å². The smallest absolute Gasteiger partial charge is 0.410 e. The van der Waals surface area contributed by atoms with Crippen LogP contribution in [0.2, 0.25) is 0 Å². The highest BCUT2D eigenvalue weighted by Crippen LogP contribution is 2.35. The molecule has 1 N–H and O–H groups in total. The molecule has 0 radical (unpaired) electrons. The minimum atomic E-state index is -0.481. The number of aryl methyl sites for hydroxylation is 1. The molecule has 4 rings (SSSR count). The Hall–Kier alpha value is -2.06. The van der Waals surface area contributed by atoms with Crippen molar-refractivity contribution in [2.75, 3.05) is 31.1 Å². The van der Waals surface area contributed by atoms with Crippen molar-refractivity contribution in [3.8, 4) is 0 Å². The van der Waals surface area contributed by atoms with E-state index in [1.165, 1.54) is 0 Å². The summed E-state index contributed by atoms with van der Waals surface area (Å²) in [5, 5.41) is 3.15. The Bertz CT molecular complexity index is 1100. The Morgan fingerprint density at radius 1 is 1.00 bits per heavy atom. The molecular weight excluding hydrogens is 574 g/mol. The topological polar surface area (TPSA) is 61.9 Å². The number of carbonyl (C=O) groups is 2. The molecule has 2 fully saturated rings. The van der Waals surface area contributed by atoms with E-state index in [-0.39, 0.29) is 18.0 Å². The van der Waals surface area contributed by atoms with Gasteiger partial charge >= 0.3 is 6.09 Å². The van der Waals surface area contributed by atoms with Crippen LogP contribution in [0, 0.1) is 18.8 Å². The second kappa shape index (κ2) is 10.1. The molecule has 2 amide bonds. The predicted molar refractivity (Wildman–Crippen MR) is 146 cm³/mol. The van der Waals surface area contributed by atoms with E-state index >= 15 is 0 Å². The van der Waals surface area contributed by atoms with Crippen LogP contribution in [0.5, 0.6) is 0 Å². The van der Waals surface area contributed by atoms with Gasteiger partial charge in [0.25, 0.3) is 5.91 Å². The normalized spacial score (nSPS) is 20.5. The van der Waals surface area contributed by atoms with Crippen molar-refractivity contribution < 1.29 is 14.3 Å². The second-order valence-corrected chi connectivity index (χ2v) is 12.5. The molecule has 2 aromatic carbocycles. The number of halogens is 2. The van der Waals surface area contributed by atoms with Gasteiger partial charge in [-0.15, -0.1) is 0 Å². The van der Waals surface area contributed by atoms with Gasteiger partial charge in [-0.1, -0.05) is 37.9 Å². The molecule has 2 aliphatic heterocycles. The van der Waals surface area contributed by atoms with Gasteiger partial charge in [-0.25, -0.2) is 4.79 Å². The summed E-state index contributed by atoms with van der Waals surface area (Å²) < 4.78 is 7.48. The lowest BCUT2D eigenvalue weighted by molar-refractivity contribution is 0.0282. The van der Waals surface area contributed by atoms with Gasteiger partial charge in [-0.2, -0.15) is 0 Å². The van der Waals surface area contributed by atoms with Gasteiger partial charge in [0, 0.05) is 58.2 Å². The maximum absolute atomic E-state index is 13.2. The average molecular weight is 607 g/mol. The lowest BCUT2D eigenvalue weighted by Gasteiger charge is -2.27. The number of rotatable bonds is 4. The lowest BCUT2D eigenvalue weighted by Crippen LogP contribution is -2.37. The van der Waals surface area contributed by atoms with E-state index in [1.54, 1.807) is 0 Å². The molecule has 35 heavy (non-hydrogen) atoms. The van der Waals surface area contributed by atoms with Crippen LogP contribution in [0.1, 0.15) is 55.2 Å². The van der Waals surface area contributed by atoms with Crippen molar-refractivity contribution in [3.05, 3.63) is 62.0 Å². The third-order valence-electron chi connectivity index (χ3n) is 6.70. The van der Waals surface area contributed by atoms with Crippen LogP contribution in [0.15, 0.2) is 45.3 Å². The molecule has 0 spiro atoms. The highest BCUT2D eigenvalue weighted by atomic mass is 79.9. The van der Waals surface area contributed by atoms with E-state index < -0.39 is 5.60 Å². The number of hydrogen-bond donors (Lipinski definition) is 1. The molecule has 6 nitrogen and oxygen atoms in total. The van der Waals surface area contributed by atoms with Crippen molar-refractivity contribution in [3.63, 3.8) is 0 Å². The number of ether oxygens (including phenoxy) is 1. The highest BCUT2D eigenvalue weighted by Gasteiger charge is 2.42. The van der Waals surface area contributed by atoms with Gasteiger partial charge in [0.2, 0.25) is 0 Å². The molecule has 0 bridgehead atoms. The van der Waals surface area contributed by atoms with E-state index in [9.17, 15) is 9.59 Å². The zero-order valence-corrected chi connectivity index (χ0v) is 24.1. The number of nitrogens with zero attached hydrogens (tertiary/aromatic N) is 2. The summed E-state index contributed by atoms with van der Waals surface area (Å²) in [5.41, 5.74) is 3.23. The molecule has 3 unspecified atom stereocenters. The Labute approximate surface area is 224 Å². The second-order valence-electron chi connectivity index (χ2n) is 10.7. The number of nitrogens with one attached hydrogen (secondary N) is 1. The molecule has 8 heteroatoms. The molecule has 0 aliphatic carbocycles. The third-order valence-corrected chi connectivity index (χ3v) is 7.62. The summed E-state index contributed by atoms with van der Waals surface area (Å²) in [5.74, 6) is 0.746. The summed E-state index contributed by atoms with van der Waals surface area (Å²) >= 11 is 7.04. The van der Waals surface area contributed by atoms with E-state index in [2.05, 4.69) is 48.1 Å². The SMILES string of the molecule is Cc1ccc(N2CC3CN(C(=O)OC(C)(C)C)CC3C2)cc1C(=O)NC(C)c1cc(Br)cc(Br)c1. The van der Waals surface area contributed by atoms with E-state index in [4.69, 9.17) is 4.74 Å². The monoisotopic (exact) mass is 605 g/mol. The standard InChI is InChI=1S/C27H33Br2N3O3/c1-16-6-7-23(11-24(16)25(33)30-17(2)18-8-21(28)10-22(29)9-18)31-12-19-14-32(15-20(19)13-31)26(34)35-27(3,4)5/h6-11,17,19-20H,12-15H2,1-5H3,(H,30,33). The Balaban J connectivity index is 1.41. The largest absolute Gasteiger partial charge is 0.444 e. The maximum Gasteiger partial charge on any atom is 0.410 e. The molecule has 2 aliphatic rings. The van der Waals surface area contributed by atoms with Gasteiger partial charge in [0.1, 0.15) is 5.60 Å². The van der Waals surface area contributed by atoms with Crippen molar-refractivity contribution >= 4 is 49.5 Å². The first-order valence-electron chi connectivity index (χ1n) is 12.0. The molecule has 0 saturated carbocycles. The maximum atomic E-state index is 13.2. The Kier molecular flexibility index (Phi) is 7.53. The number of likely N-dealkylation sites (tertiary alicyclic amines) is 1. The summed E-state index contributed by atoms with van der Waals surface area (Å²) in [6.07, 6.45) is -0.223. The Morgan fingerprint density at radius 3 is 2.17 bits per heavy atom. The fourth-order valence-electron chi connectivity index (χ4n) is 4.91. The van der Waals surface area contributed by atoms with Crippen LogP contribution in [0.4, 0.5) is 10.5 Å². The van der Waals surface area contributed by atoms with Crippen molar-refractivity contribution in [1.29, 1.82) is 0 Å². The van der Waals surface area contributed by atoms with Crippen LogP contribution in [0.25, 0.3) is 0 Å². The number of anilines is 1. The zero-order valence-electron chi connectivity index (χ0n) is 20.9. The van der Waals surface area contributed by atoms with E-state index in [0.717, 1.165) is 51.9 Å². The minimum absolute atomic E-state index is 0.0801. The molecule has 3 atom stereocenters. The van der Waals surface area contributed by atoms with Gasteiger partial charge in [0.15, 0.2) is 0 Å². The summed E-state index contributed by atoms with van der Waals surface area (Å²) in [4.78, 5) is 29.9. The van der Waals surface area contributed by atoms with Crippen LogP contribution < -0.4 is 10.2 Å². The van der Waals surface area contributed by atoms with Crippen LogP contribution in [-0.4, -0.2) is 48.7 Å². The summed E-state index contributed by atoms with van der Waals surface area (Å²) in [6, 6.07) is 12.0. The summed E-state index contributed by atoms with van der Waals surface area (Å²) in [7, 11) is 0. The van der Waals surface area contributed by atoms with Crippen molar-refractivity contribution in [2.45, 2.75) is 46.3 Å². The molecular formula is C27H33Br2N3O3. The molecule has 2 aromatic rings. The lowest BCUT2D eigenvalue weighted by atomic mass is 10.0. The first-order valence-corrected chi connectivity index (χ1v) is 13.6. The van der Waals surface area contributed by atoms with Gasteiger partial charge < -0.3 is 19.9 Å². The van der Waals surface area contributed by atoms with Crippen molar-refractivity contribution in [2.24, 2.45) is 11.8 Å². The van der Waals surface area contributed by atoms with Crippen LogP contribution in [0.3, 0.4) is 0 Å². The number of fused-ring (bicyclic) bond motifs is 1. The van der Waals surface area contributed by atoms with E-state index in [1.807, 2.05) is 69.9 Å². The van der Waals surface area contributed by atoms with Crippen molar-refractivity contribution in [1.82, 2.24) is 10.2 Å². The van der Waals surface area contributed by atoms with Crippen LogP contribution >= 0.6 is 31.9 Å². The number of amides is 2. The molecule has 2 heterocycles. The fraction of sp³-hybridized carbons (Fsp3) is 0.481. The fourth-order valence-corrected chi connectivity index (χ4v) is 6.24. The quantitative estimate of drug-likeness (QED) is 0.443. The molecule has 188 valence electrons. The van der Waals surface area contributed by atoms with Gasteiger partial charge in [-0.3, -0.25) is 4.79 Å². The summed E-state index contributed by atoms with van der Waals surface area (Å²) in [6.45, 7) is 12.8. The van der Waals surface area contributed by atoms with Gasteiger partial charge in [-0.05, 0) is 76.1 Å². The zero-order chi connectivity index (χ0) is 25.5. The average Bonchev–Trinajstić information content (AvgIpc) is 3.31. The number of hydrogen-bond acceptors (Lipinski definition) is 4. The van der Waals surface area contributed by atoms with Gasteiger partial charge in [0.05, 0.1) is 6.04 Å². The molecule has 2 saturated heterocycles. The molecule has 0 aromatic heterocycles. The Morgan fingerprint density at radius 2 is 1.60 bits per heavy atom. The predicted octanol–water partition coefficient (Wildman–Crippen LogP) is 6.31. The third kappa shape index (κ3) is 6.20. The minimum Gasteiger partial charge on any atom is -0.444 e. The number of benzene rings is 2. The number of carbonyl (C=O) groups excluding carboxylic acids is 2. The highest BCUT2D eigenvalue weighted by molar-refractivity contribution is 9.11. The first kappa shape index (κ1) is 26.0.